The predicted molar refractivity (Wildman–Crippen MR) is 51.1 cm³/mol. The van der Waals surface area contributed by atoms with Crippen LogP contribution in [0.2, 0.25) is 0 Å². The van der Waals surface area contributed by atoms with E-state index in [0.717, 1.165) is 0 Å². The molecular weight excluding hydrogens is 298 g/mol. The van der Waals surface area contributed by atoms with Crippen LogP contribution >= 0.6 is 15.2 Å². The third kappa shape index (κ3) is 4.16. The van der Waals surface area contributed by atoms with Gasteiger partial charge in [0.2, 0.25) is 23.3 Å². The molecule has 0 rings (SSSR count). The van der Waals surface area contributed by atoms with Gasteiger partial charge in [-0.3, -0.25) is 23.5 Å². The minimum absolute atomic E-state index is 2.28. The third-order valence-corrected chi connectivity index (χ3v) is 3.30. The maximum atomic E-state index is 10.9. The fraction of sp³-hybridized carbons (Fsp3) is 0.400. The van der Waals surface area contributed by atoms with Gasteiger partial charge in [0, 0.05) is 0 Å². The Labute approximate surface area is 98.4 Å². The van der Waals surface area contributed by atoms with Crippen molar-refractivity contribution in [1.29, 1.82) is 0 Å². The summed E-state index contributed by atoms with van der Waals surface area (Å²) in [4.78, 5) is 66.1. The highest BCUT2D eigenvalue weighted by Gasteiger charge is 2.45. The van der Waals surface area contributed by atoms with E-state index in [1.54, 1.807) is 0 Å². The second kappa shape index (κ2) is 5.47. The molecule has 104 valence electrons. The SMILES string of the molecule is O=C(C(=O)C(O)P(=O)(O)O)C(=O)C(O)P(=O)(O)O. The first-order valence-electron chi connectivity index (χ1n) is 3.89. The second-order valence-corrected chi connectivity index (χ2v) is 6.32. The zero-order chi connectivity index (χ0) is 14.9. The van der Waals surface area contributed by atoms with Crippen molar-refractivity contribution in [3.63, 3.8) is 0 Å². The van der Waals surface area contributed by atoms with E-state index < -0.39 is 44.2 Å². The predicted octanol–water partition coefficient (Wildman–Crippen LogP) is -3.31. The van der Waals surface area contributed by atoms with Crippen LogP contribution in [-0.2, 0) is 23.5 Å². The quantitative estimate of drug-likeness (QED) is 0.162. The maximum absolute atomic E-state index is 10.9. The Kier molecular flexibility index (Phi) is 5.24. The molecule has 0 aromatic carbocycles. The van der Waals surface area contributed by atoms with Crippen LogP contribution in [0.25, 0.3) is 0 Å². The number of carbonyl (C=O) groups excluding carboxylic acids is 3. The average Bonchev–Trinajstić information content (AvgIpc) is 2.21. The Morgan fingerprint density at radius 3 is 1.11 bits per heavy atom. The minimum atomic E-state index is -5.42. The summed E-state index contributed by atoms with van der Waals surface area (Å²) in [5.74, 6) is -13.2. The molecule has 2 atom stereocenters. The summed E-state index contributed by atoms with van der Waals surface area (Å²) in [6, 6.07) is 0. The largest absolute Gasteiger partial charge is 0.374 e. The van der Waals surface area contributed by atoms with Crippen LogP contribution in [-0.4, -0.2) is 58.8 Å². The van der Waals surface area contributed by atoms with Crippen LogP contribution in [0.3, 0.4) is 0 Å². The van der Waals surface area contributed by atoms with E-state index in [1.807, 2.05) is 0 Å². The molecule has 0 radical (unpaired) electrons. The molecule has 0 saturated carbocycles. The van der Waals surface area contributed by atoms with Crippen molar-refractivity contribution in [1.82, 2.24) is 0 Å². The molecule has 6 N–H and O–H groups in total. The van der Waals surface area contributed by atoms with E-state index >= 15 is 0 Å². The van der Waals surface area contributed by atoms with Crippen molar-refractivity contribution in [2.45, 2.75) is 11.7 Å². The number of hydrogen-bond acceptors (Lipinski definition) is 7. The fourth-order valence-corrected chi connectivity index (χ4v) is 1.51. The van der Waals surface area contributed by atoms with Gasteiger partial charge in [-0.25, -0.2) is 0 Å². The van der Waals surface area contributed by atoms with Gasteiger partial charge in [-0.05, 0) is 0 Å². The monoisotopic (exact) mass is 306 g/mol. The number of carbonyl (C=O) groups is 3. The van der Waals surface area contributed by atoms with Gasteiger partial charge in [0.15, 0.2) is 0 Å². The lowest BCUT2D eigenvalue weighted by atomic mass is 10.2. The van der Waals surface area contributed by atoms with E-state index in [0.29, 0.717) is 0 Å². The van der Waals surface area contributed by atoms with Gasteiger partial charge in [0.1, 0.15) is 0 Å². The first-order valence-corrected chi connectivity index (χ1v) is 7.25. The molecule has 0 heterocycles. The van der Waals surface area contributed by atoms with E-state index in [4.69, 9.17) is 29.8 Å². The summed E-state index contributed by atoms with van der Waals surface area (Å²) in [5.41, 5.74) is 0. The van der Waals surface area contributed by atoms with Gasteiger partial charge >= 0.3 is 15.2 Å². The van der Waals surface area contributed by atoms with Crippen LogP contribution in [0.15, 0.2) is 0 Å². The third-order valence-electron chi connectivity index (χ3n) is 1.55. The van der Waals surface area contributed by atoms with Crippen LogP contribution < -0.4 is 0 Å². The van der Waals surface area contributed by atoms with Crippen molar-refractivity contribution in [3.05, 3.63) is 0 Å². The summed E-state index contributed by atoms with van der Waals surface area (Å²) in [7, 11) is -10.8. The van der Waals surface area contributed by atoms with Gasteiger partial charge in [0.25, 0.3) is 5.78 Å². The summed E-state index contributed by atoms with van der Waals surface area (Å²) >= 11 is 0. The first-order chi connectivity index (χ1) is 7.80. The Balaban J connectivity index is 5.11. The molecular formula is C5H8O11P2. The lowest BCUT2D eigenvalue weighted by Gasteiger charge is -2.12. The number of ketones is 3. The number of hydrogen-bond donors (Lipinski definition) is 6. The van der Waals surface area contributed by atoms with Crippen molar-refractivity contribution in [2.75, 3.05) is 0 Å². The number of rotatable bonds is 6. The zero-order valence-corrected chi connectivity index (χ0v) is 10.1. The molecule has 0 aromatic rings. The van der Waals surface area contributed by atoms with Gasteiger partial charge in [-0.2, -0.15) is 0 Å². The van der Waals surface area contributed by atoms with Gasteiger partial charge < -0.3 is 29.8 Å². The van der Waals surface area contributed by atoms with Gasteiger partial charge in [-0.1, -0.05) is 0 Å². The molecule has 0 aliphatic carbocycles. The second-order valence-electron chi connectivity index (χ2n) is 2.98. The summed E-state index contributed by atoms with van der Waals surface area (Å²) in [6.45, 7) is 0. The smallest absolute Gasteiger partial charge is 0.361 e. The van der Waals surface area contributed by atoms with Crippen LogP contribution in [0.1, 0.15) is 0 Å². The van der Waals surface area contributed by atoms with Crippen molar-refractivity contribution >= 4 is 32.5 Å². The number of Topliss-reactive ketones (excluding diaryl/α,β-unsaturated/α-hetero) is 3. The Morgan fingerprint density at radius 2 is 0.944 bits per heavy atom. The molecule has 0 bridgehead atoms. The molecule has 0 fully saturated rings. The van der Waals surface area contributed by atoms with Crippen LogP contribution in [0.5, 0.6) is 0 Å². The average molecular weight is 306 g/mol. The first kappa shape index (κ1) is 17.2. The molecule has 11 nitrogen and oxygen atoms in total. The normalized spacial score (nSPS) is 15.9. The molecule has 0 aromatic heterocycles. The molecule has 18 heavy (non-hydrogen) atoms. The highest BCUT2D eigenvalue weighted by molar-refractivity contribution is 7.54. The molecule has 0 amide bonds. The molecule has 0 aliphatic rings. The van der Waals surface area contributed by atoms with Crippen LogP contribution in [0.4, 0.5) is 0 Å². The van der Waals surface area contributed by atoms with Crippen LogP contribution in [0, 0.1) is 0 Å². The summed E-state index contributed by atoms with van der Waals surface area (Å²) in [5, 5.41) is 17.4. The molecule has 0 spiro atoms. The van der Waals surface area contributed by atoms with Gasteiger partial charge in [0.05, 0.1) is 0 Å². The van der Waals surface area contributed by atoms with E-state index in [-0.39, 0.29) is 0 Å². The lowest BCUT2D eigenvalue weighted by Crippen LogP contribution is -2.38. The highest BCUT2D eigenvalue weighted by Crippen LogP contribution is 2.42. The zero-order valence-electron chi connectivity index (χ0n) is 8.27. The molecule has 13 heteroatoms. The maximum Gasteiger partial charge on any atom is 0.361 e. The van der Waals surface area contributed by atoms with E-state index in [1.165, 1.54) is 0 Å². The topological polar surface area (TPSA) is 207 Å². The summed E-state index contributed by atoms with van der Waals surface area (Å²) < 4.78 is 20.8. The Hall–Kier alpha value is -0.770. The number of aliphatic hydroxyl groups excluding tert-OH is 2. The summed E-state index contributed by atoms with van der Waals surface area (Å²) in [6.07, 6.45) is 0. The van der Waals surface area contributed by atoms with Crippen molar-refractivity contribution in [2.24, 2.45) is 0 Å². The highest BCUT2D eigenvalue weighted by atomic mass is 31.2. The fourth-order valence-electron chi connectivity index (χ4n) is 0.661. The minimum Gasteiger partial charge on any atom is -0.374 e. The van der Waals surface area contributed by atoms with Gasteiger partial charge in [-0.15, -0.1) is 0 Å². The van der Waals surface area contributed by atoms with Crippen molar-refractivity contribution in [3.8, 4) is 0 Å². The standard InChI is InChI=1S/C5H8O11P2/c6-1(2(7)4(9)17(11,12)13)3(8)5(10)18(14,15)16/h4-5,9-10H,(H2,11,12,13)(H2,14,15,16). The van der Waals surface area contributed by atoms with E-state index in [9.17, 15) is 23.5 Å². The Bertz CT molecular complexity index is 426. The molecule has 2 unspecified atom stereocenters. The molecule has 0 aliphatic heterocycles. The number of aliphatic hydroxyl groups is 2. The van der Waals surface area contributed by atoms with Crippen molar-refractivity contribution < 1.29 is 53.3 Å². The molecule has 0 saturated heterocycles. The lowest BCUT2D eigenvalue weighted by molar-refractivity contribution is -0.147. The Morgan fingerprint density at radius 1 is 0.722 bits per heavy atom. The van der Waals surface area contributed by atoms with E-state index in [2.05, 4.69) is 0 Å².